The molecular weight excluding hydrogens is 724 g/mol. The van der Waals surface area contributed by atoms with Gasteiger partial charge >= 0.3 is 5.97 Å². The Labute approximate surface area is 319 Å². The van der Waals surface area contributed by atoms with Crippen molar-refractivity contribution in [3.63, 3.8) is 0 Å². The fourth-order valence-electron chi connectivity index (χ4n) is 11.2. The molecule has 8 rings (SSSR count). The molecule has 0 amide bonds. The average molecular weight is 781 g/mol. The first-order valence-electron chi connectivity index (χ1n) is 20.0. The number of Topliss-reactive ketones (excluding diaryl/α,β-unsaturated/α-hetero) is 1. The van der Waals surface area contributed by atoms with Crippen molar-refractivity contribution in [2.24, 2.45) is 29.1 Å². The third-order valence-corrected chi connectivity index (χ3v) is 14.2. The number of esters is 1. The summed E-state index contributed by atoms with van der Waals surface area (Å²) in [5.41, 5.74) is 2.45. The van der Waals surface area contributed by atoms with E-state index < -0.39 is 86.0 Å². The van der Waals surface area contributed by atoms with Gasteiger partial charge in [-0.15, -0.1) is 0 Å². The van der Waals surface area contributed by atoms with E-state index in [1.54, 1.807) is 6.92 Å². The number of ketones is 1. The van der Waals surface area contributed by atoms with Crippen LogP contribution in [0.4, 0.5) is 0 Å². The van der Waals surface area contributed by atoms with E-state index >= 15 is 0 Å². The van der Waals surface area contributed by atoms with Crippen molar-refractivity contribution >= 4 is 11.8 Å². The van der Waals surface area contributed by atoms with Gasteiger partial charge in [0, 0.05) is 29.9 Å². The van der Waals surface area contributed by atoms with Crippen LogP contribution in [0.1, 0.15) is 72.1 Å². The smallest absolute Gasteiger partial charge is 0.331 e. The fourth-order valence-corrected chi connectivity index (χ4v) is 11.2. The van der Waals surface area contributed by atoms with Crippen LogP contribution in [0, 0.1) is 29.1 Å². The molecule has 0 unspecified atom stereocenters. The van der Waals surface area contributed by atoms with Gasteiger partial charge in [0.2, 0.25) is 0 Å². The van der Waals surface area contributed by atoms with Gasteiger partial charge in [-0.1, -0.05) is 12.5 Å². The summed E-state index contributed by atoms with van der Waals surface area (Å²) < 4.78 is 40.5. The van der Waals surface area contributed by atoms with Crippen molar-refractivity contribution in [1.82, 2.24) is 0 Å². The van der Waals surface area contributed by atoms with E-state index in [4.69, 9.17) is 33.2 Å². The summed E-state index contributed by atoms with van der Waals surface area (Å²) in [6.07, 6.45) is -9.81. The monoisotopic (exact) mass is 780 g/mol. The molecule has 20 atom stereocenters. The van der Waals surface area contributed by atoms with Crippen LogP contribution in [0.2, 0.25) is 0 Å². The molecule has 0 aromatic rings. The largest absolute Gasteiger partial charge is 0.458 e. The highest BCUT2D eigenvalue weighted by Crippen LogP contribution is 2.62. The summed E-state index contributed by atoms with van der Waals surface area (Å²) >= 11 is 0. The maximum Gasteiger partial charge on any atom is 0.331 e. The Morgan fingerprint density at radius 3 is 2.29 bits per heavy atom. The van der Waals surface area contributed by atoms with Crippen LogP contribution in [0.5, 0.6) is 0 Å². The maximum absolute atomic E-state index is 13.8. The van der Waals surface area contributed by atoms with Crippen molar-refractivity contribution in [2.75, 3.05) is 13.2 Å². The van der Waals surface area contributed by atoms with Gasteiger partial charge in [0.15, 0.2) is 24.7 Å². The predicted octanol–water partition coefficient (Wildman–Crippen LogP) is -0.491. The van der Waals surface area contributed by atoms with Crippen LogP contribution in [0.15, 0.2) is 22.8 Å². The minimum atomic E-state index is -1.60. The molecule has 5 fully saturated rings. The first kappa shape index (κ1) is 39.9. The van der Waals surface area contributed by atoms with Crippen LogP contribution >= 0.6 is 0 Å². The summed E-state index contributed by atoms with van der Waals surface area (Å²) in [5, 5.41) is 74.9. The van der Waals surface area contributed by atoms with Crippen molar-refractivity contribution < 1.29 is 78.5 Å². The second kappa shape index (κ2) is 15.4. The van der Waals surface area contributed by atoms with E-state index in [-0.39, 0.29) is 66.6 Å². The van der Waals surface area contributed by atoms with Gasteiger partial charge in [0.05, 0.1) is 31.0 Å². The zero-order valence-electron chi connectivity index (χ0n) is 31.4. The second-order valence-electron chi connectivity index (χ2n) is 17.3. The number of ether oxygens (including phenoxy) is 7. The van der Waals surface area contributed by atoms with Crippen LogP contribution in [0.3, 0.4) is 0 Å². The van der Waals surface area contributed by atoms with E-state index in [0.717, 1.165) is 44.1 Å². The van der Waals surface area contributed by atoms with Crippen molar-refractivity contribution in [1.29, 1.82) is 0 Å². The Kier molecular flexibility index (Phi) is 11.1. The molecular formula is C39H56O16. The summed E-state index contributed by atoms with van der Waals surface area (Å²) in [4.78, 5) is 25.6. The summed E-state index contributed by atoms with van der Waals surface area (Å²) in [6, 6.07) is 0. The van der Waals surface area contributed by atoms with E-state index in [9.17, 15) is 45.3 Å². The number of carbonyl (C=O) groups excluding carboxylic acids is 2. The summed E-state index contributed by atoms with van der Waals surface area (Å²) in [7, 11) is 0. The molecule has 0 aromatic heterocycles. The molecule has 8 aliphatic rings. The zero-order chi connectivity index (χ0) is 39.1. The van der Waals surface area contributed by atoms with Crippen LogP contribution in [-0.2, 0) is 42.7 Å². The second-order valence-corrected chi connectivity index (χ2v) is 17.3. The van der Waals surface area contributed by atoms with Crippen LogP contribution in [0.25, 0.3) is 0 Å². The Bertz CT molecular complexity index is 1520. The summed E-state index contributed by atoms with van der Waals surface area (Å²) in [5.74, 6) is -0.580. The lowest BCUT2D eigenvalue weighted by Gasteiger charge is -2.58. The SMILES string of the molecule is C[C@@H]1O[C@@H](O[C@@H]2CO[C@@H](O[C@H]3[C@@H](O)C[C@@H](O[C@H]4CC[C@@]5(C)[C@@H](CC[C@H]6C7=C(C(=O)[C@H](O)[C@@H]65)[C@@H](C5=CC(=O)OC5)CC7)C4)O[C@@H]3C)[C@H](O)[C@H]2O)[C@H](O)[C@H](O)[C@H]1O. The van der Waals surface area contributed by atoms with E-state index in [1.807, 2.05) is 0 Å². The highest BCUT2D eigenvalue weighted by Gasteiger charge is 2.59. The minimum absolute atomic E-state index is 0.0941. The van der Waals surface area contributed by atoms with Crippen molar-refractivity contribution in [3.05, 3.63) is 22.8 Å². The maximum atomic E-state index is 13.8. The number of hydrogen-bond donors (Lipinski definition) is 7. The number of cyclic esters (lactones) is 1. The minimum Gasteiger partial charge on any atom is -0.458 e. The number of rotatable bonds is 7. The van der Waals surface area contributed by atoms with Gasteiger partial charge in [-0.05, 0) is 81.6 Å². The molecule has 4 heterocycles. The predicted molar refractivity (Wildman–Crippen MR) is 185 cm³/mol. The molecule has 7 N–H and O–H groups in total. The van der Waals surface area contributed by atoms with Gasteiger partial charge in [-0.2, -0.15) is 0 Å². The van der Waals surface area contributed by atoms with Crippen molar-refractivity contribution in [3.8, 4) is 0 Å². The number of aliphatic hydroxyl groups is 7. The number of fused-ring (bicyclic) bond motifs is 4. The van der Waals surface area contributed by atoms with Gasteiger partial charge in [-0.25, -0.2) is 4.79 Å². The highest BCUT2D eigenvalue weighted by atomic mass is 16.7. The number of aliphatic hydroxyl groups excluding tert-OH is 7. The molecule has 16 nitrogen and oxygen atoms in total. The Balaban J connectivity index is 0.843. The average Bonchev–Trinajstić information content (AvgIpc) is 3.79. The molecule has 308 valence electrons. The molecule has 2 saturated carbocycles. The van der Waals surface area contributed by atoms with E-state index in [1.165, 1.54) is 18.6 Å². The third-order valence-electron chi connectivity index (χ3n) is 14.2. The fraction of sp³-hybridized carbons (Fsp3) is 0.846. The molecule has 4 aliphatic heterocycles. The number of carbonyl (C=O) groups is 2. The zero-order valence-corrected chi connectivity index (χ0v) is 31.4. The molecule has 16 heteroatoms. The third kappa shape index (κ3) is 7.06. The Morgan fingerprint density at radius 2 is 1.56 bits per heavy atom. The van der Waals surface area contributed by atoms with E-state index in [0.29, 0.717) is 12.0 Å². The van der Waals surface area contributed by atoms with Crippen molar-refractivity contribution in [2.45, 2.75) is 164 Å². The molecule has 0 spiro atoms. The highest BCUT2D eigenvalue weighted by molar-refractivity contribution is 6.02. The standard InChI is InChI=1S/C39H56O16/c1-15-29(42)33(46)35(48)38(52-15)54-24-14-50-37(34(47)30(24)43)55-36-16(2)51-26(12-23(36)40)53-19-8-9-39(3)18(11-19)4-5-22-21-7-6-20(17-10-25(41)49-13-17)27(21)31(44)32(45)28(22)39/h10,15-16,18-20,22-24,26,28-30,32-38,40,42-43,45-48H,4-9,11-14H2,1-3H3/t15-,16+,18-,19-,20+,22-,23-,24+,26+,28+,29-,30-,32+,33+,34+,35+,36+,37-,38-,39-/m0/s1. The topological polar surface area (TPSA) is 240 Å². The quantitative estimate of drug-likeness (QED) is 0.127. The Hall–Kier alpha value is -1.90. The molecule has 55 heavy (non-hydrogen) atoms. The molecule has 0 aromatic carbocycles. The first-order valence-corrected chi connectivity index (χ1v) is 20.0. The molecule has 4 aliphatic carbocycles. The van der Waals surface area contributed by atoms with Crippen LogP contribution < -0.4 is 0 Å². The number of hydrogen-bond acceptors (Lipinski definition) is 16. The van der Waals surface area contributed by atoms with Gasteiger partial charge in [0.1, 0.15) is 55.4 Å². The molecule has 3 saturated heterocycles. The van der Waals surface area contributed by atoms with Gasteiger partial charge in [-0.3, -0.25) is 4.79 Å². The normalized spacial score (nSPS) is 51.6. The number of allylic oxidation sites excluding steroid dienone is 1. The van der Waals surface area contributed by atoms with Gasteiger partial charge < -0.3 is 68.9 Å². The van der Waals surface area contributed by atoms with Crippen LogP contribution in [-0.4, -0.2) is 153 Å². The molecule has 0 radical (unpaired) electrons. The lowest BCUT2D eigenvalue weighted by atomic mass is 9.48. The Morgan fingerprint density at radius 1 is 0.800 bits per heavy atom. The lowest BCUT2D eigenvalue weighted by Crippen LogP contribution is -2.62. The first-order chi connectivity index (χ1) is 26.2. The van der Waals surface area contributed by atoms with E-state index in [2.05, 4.69) is 6.92 Å². The van der Waals surface area contributed by atoms with Gasteiger partial charge in [0.25, 0.3) is 0 Å². The summed E-state index contributed by atoms with van der Waals surface area (Å²) in [6.45, 7) is 5.36. The molecule has 0 bridgehead atoms. The lowest BCUT2D eigenvalue weighted by molar-refractivity contribution is -0.354.